The molecule has 2 fully saturated rings. The molecule has 7 heteroatoms. The summed E-state index contributed by atoms with van der Waals surface area (Å²) in [6, 6.07) is 7.35. The molecule has 1 N–H and O–H groups in total. The van der Waals surface area contributed by atoms with Gasteiger partial charge in [0.05, 0.1) is 31.9 Å². The maximum atomic E-state index is 12.4. The van der Waals surface area contributed by atoms with Crippen molar-refractivity contribution in [3.8, 4) is 5.75 Å². The van der Waals surface area contributed by atoms with Gasteiger partial charge in [-0.25, -0.2) is 5.01 Å². The number of para-hydroxylation sites is 2. The van der Waals surface area contributed by atoms with Crippen molar-refractivity contribution in [3.63, 3.8) is 0 Å². The fourth-order valence-electron chi connectivity index (χ4n) is 2.89. The second-order valence-corrected chi connectivity index (χ2v) is 5.65. The molecule has 1 aromatic rings. The Balaban J connectivity index is 1.66. The lowest BCUT2D eigenvalue weighted by molar-refractivity contribution is -0.132. The summed E-state index contributed by atoms with van der Waals surface area (Å²) in [5.74, 6) is 0.111. The fourth-order valence-corrected chi connectivity index (χ4v) is 2.89. The van der Waals surface area contributed by atoms with Crippen molar-refractivity contribution in [3.05, 3.63) is 24.3 Å². The van der Waals surface area contributed by atoms with Gasteiger partial charge in [-0.2, -0.15) is 0 Å². The van der Waals surface area contributed by atoms with Gasteiger partial charge in [0.2, 0.25) is 11.8 Å². The Labute approximate surface area is 135 Å². The van der Waals surface area contributed by atoms with Gasteiger partial charge >= 0.3 is 0 Å². The van der Waals surface area contributed by atoms with E-state index in [1.54, 1.807) is 12.0 Å². The first-order chi connectivity index (χ1) is 11.2. The van der Waals surface area contributed by atoms with Gasteiger partial charge in [-0.1, -0.05) is 12.1 Å². The molecule has 23 heavy (non-hydrogen) atoms. The quantitative estimate of drug-likeness (QED) is 0.870. The van der Waals surface area contributed by atoms with Gasteiger partial charge < -0.3 is 14.4 Å². The van der Waals surface area contributed by atoms with Crippen molar-refractivity contribution < 1.29 is 19.1 Å². The minimum absolute atomic E-state index is 0.0587. The van der Waals surface area contributed by atoms with Gasteiger partial charge in [0.25, 0.3) is 0 Å². The Morgan fingerprint density at radius 3 is 2.78 bits per heavy atom. The second-order valence-electron chi connectivity index (χ2n) is 5.65. The molecule has 2 heterocycles. The first-order valence-electron chi connectivity index (χ1n) is 7.75. The topological polar surface area (TPSA) is 71.1 Å². The Morgan fingerprint density at radius 2 is 2.04 bits per heavy atom. The minimum Gasteiger partial charge on any atom is -0.495 e. The third kappa shape index (κ3) is 3.46. The molecule has 2 aliphatic heterocycles. The second kappa shape index (κ2) is 6.97. The number of rotatable bonds is 4. The Hall–Kier alpha value is -2.12. The van der Waals surface area contributed by atoms with Crippen LogP contribution < -0.4 is 15.1 Å². The molecule has 7 nitrogen and oxygen atoms in total. The van der Waals surface area contributed by atoms with Crippen molar-refractivity contribution in [2.45, 2.75) is 6.42 Å². The van der Waals surface area contributed by atoms with E-state index in [-0.39, 0.29) is 24.2 Å². The van der Waals surface area contributed by atoms with Crippen LogP contribution in [0.25, 0.3) is 0 Å². The molecule has 2 amide bonds. The number of ether oxygens (including phenoxy) is 2. The Bertz CT molecular complexity index is 586. The average Bonchev–Trinajstić information content (AvgIpc) is 2.97. The van der Waals surface area contributed by atoms with E-state index in [4.69, 9.17) is 9.47 Å². The first-order valence-corrected chi connectivity index (χ1v) is 7.75. The molecule has 3 rings (SSSR count). The van der Waals surface area contributed by atoms with Crippen LogP contribution in [0.4, 0.5) is 5.69 Å². The molecule has 0 spiro atoms. The Morgan fingerprint density at radius 1 is 1.30 bits per heavy atom. The van der Waals surface area contributed by atoms with Crippen LogP contribution in [0.5, 0.6) is 5.75 Å². The van der Waals surface area contributed by atoms with Gasteiger partial charge in [0.1, 0.15) is 5.75 Å². The van der Waals surface area contributed by atoms with Crippen molar-refractivity contribution in [1.29, 1.82) is 0 Å². The van der Waals surface area contributed by atoms with E-state index in [2.05, 4.69) is 5.43 Å². The minimum atomic E-state index is -0.352. The van der Waals surface area contributed by atoms with Gasteiger partial charge in [0.15, 0.2) is 0 Å². The van der Waals surface area contributed by atoms with Crippen molar-refractivity contribution in [2.24, 2.45) is 5.92 Å². The van der Waals surface area contributed by atoms with Gasteiger partial charge in [-0.3, -0.25) is 15.0 Å². The predicted octanol–water partition coefficient (Wildman–Crippen LogP) is 0.411. The number of benzene rings is 1. The molecule has 1 atom stereocenters. The van der Waals surface area contributed by atoms with Crippen LogP contribution >= 0.6 is 0 Å². The van der Waals surface area contributed by atoms with E-state index >= 15 is 0 Å². The highest BCUT2D eigenvalue weighted by molar-refractivity contribution is 6.01. The molecule has 2 saturated heterocycles. The van der Waals surface area contributed by atoms with E-state index < -0.39 is 0 Å². The van der Waals surface area contributed by atoms with Crippen LogP contribution in [0.1, 0.15) is 6.42 Å². The lowest BCUT2D eigenvalue weighted by atomic mass is 10.1. The summed E-state index contributed by atoms with van der Waals surface area (Å²) in [6.07, 6.45) is 0.216. The van der Waals surface area contributed by atoms with E-state index in [0.29, 0.717) is 44.3 Å². The van der Waals surface area contributed by atoms with Crippen LogP contribution in [0, 0.1) is 5.92 Å². The summed E-state index contributed by atoms with van der Waals surface area (Å²) in [6.45, 7) is 2.93. The number of methoxy groups -OCH3 is 1. The van der Waals surface area contributed by atoms with E-state index in [9.17, 15) is 9.59 Å². The monoisotopic (exact) mass is 319 g/mol. The lowest BCUT2D eigenvalue weighted by Crippen LogP contribution is -2.50. The number of hydrogen-bond donors (Lipinski definition) is 1. The van der Waals surface area contributed by atoms with E-state index in [1.165, 1.54) is 0 Å². The zero-order chi connectivity index (χ0) is 16.2. The number of hydrogen-bond acceptors (Lipinski definition) is 5. The highest BCUT2D eigenvalue weighted by Crippen LogP contribution is 2.32. The van der Waals surface area contributed by atoms with Crippen LogP contribution in [-0.2, 0) is 14.3 Å². The van der Waals surface area contributed by atoms with Crippen LogP contribution in [0.2, 0.25) is 0 Å². The highest BCUT2D eigenvalue weighted by atomic mass is 16.5. The molecular weight excluding hydrogens is 298 g/mol. The summed E-state index contributed by atoms with van der Waals surface area (Å²) in [5.41, 5.74) is 3.60. The van der Waals surface area contributed by atoms with E-state index in [0.717, 1.165) is 0 Å². The molecule has 0 aromatic heterocycles. The summed E-state index contributed by atoms with van der Waals surface area (Å²) in [5, 5.41) is 1.85. The summed E-state index contributed by atoms with van der Waals surface area (Å²) in [7, 11) is 1.57. The standard InChI is InChI=1S/C16H21N3O4/c1-22-14-5-3-2-4-13(14)19-11-12(10-15(19)20)16(21)17-18-6-8-23-9-7-18/h2-5,12H,6-11H2,1H3,(H,17,21)/t12-/m1/s1. The maximum absolute atomic E-state index is 12.4. The SMILES string of the molecule is COc1ccccc1N1C[C@H](C(=O)NN2CCOCC2)CC1=O. The van der Waals surface area contributed by atoms with Crippen molar-refractivity contribution in [2.75, 3.05) is 44.9 Å². The molecule has 1 aromatic carbocycles. The molecule has 2 aliphatic rings. The smallest absolute Gasteiger partial charge is 0.239 e. The number of anilines is 1. The predicted molar refractivity (Wildman–Crippen MR) is 84.0 cm³/mol. The number of carbonyl (C=O) groups is 2. The highest BCUT2D eigenvalue weighted by Gasteiger charge is 2.36. The van der Waals surface area contributed by atoms with Crippen LogP contribution in [0.3, 0.4) is 0 Å². The number of morpholine rings is 1. The molecular formula is C16H21N3O4. The maximum Gasteiger partial charge on any atom is 0.239 e. The van der Waals surface area contributed by atoms with E-state index in [1.807, 2.05) is 29.3 Å². The van der Waals surface area contributed by atoms with Gasteiger partial charge in [0, 0.05) is 26.1 Å². The van der Waals surface area contributed by atoms with Gasteiger partial charge in [-0.05, 0) is 12.1 Å². The third-order valence-corrected chi connectivity index (χ3v) is 4.15. The molecule has 0 bridgehead atoms. The van der Waals surface area contributed by atoms with Crippen LogP contribution in [0.15, 0.2) is 24.3 Å². The van der Waals surface area contributed by atoms with Crippen molar-refractivity contribution >= 4 is 17.5 Å². The zero-order valence-corrected chi connectivity index (χ0v) is 13.2. The fraction of sp³-hybridized carbons (Fsp3) is 0.500. The lowest BCUT2D eigenvalue weighted by Gasteiger charge is -2.28. The number of carbonyl (C=O) groups excluding carboxylic acids is 2. The molecule has 124 valence electrons. The first kappa shape index (κ1) is 15.8. The summed E-state index contributed by atoms with van der Waals surface area (Å²) in [4.78, 5) is 26.3. The zero-order valence-electron chi connectivity index (χ0n) is 13.2. The summed E-state index contributed by atoms with van der Waals surface area (Å²) < 4.78 is 10.6. The van der Waals surface area contributed by atoms with Crippen molar-refractivity contribution in [1.82, 2.24) is 10.4 Å². The Kier molecular flexibility index (Phi) is 4.78. The molecule has 0 aliphatic carbocycles. The molecule has 0 saturated carbocycles. The third-order valence-electron chi connectivity index (χ3n) is 4.15. The number of hydrazine groups is 1. The number of nitrogens with one attached hydrogen (secondary N) is 1. The average molecular weight is 319 g/mol. The molecule has 0 radical (unpaired) electrons. The van der Waals surface area contributed by atoms with Gasteiger partial charge in [-0.15, -0.1) is 0 Å². The number of nitrogens with zero attached hydrogens (tertiary/aromatic N) is 2. The number of amides is 2. The largest absolute Gasteiger partial charge is 0.495 e. The normalized spacial score (nSPS) is 22.2. The summed E-state index contributed by atoms with van der Waals surface area (Å²) >= 11 is 0. The van der Waals surface area contributed by atoms with Crippen LogP contribution in [-0.4, -0.2) is 56.8 Å². The molecule has 0 unspecified atom stereocenters.